The molecule has 0 radical (unpaired) electrons. The summed E-state index contributed by atoms with van der Waals surface area (Å²) < 4.78 is 5.54. The molecule has 0 spiro atoms. The zero-order valence-corrected chi connectivity index (χ0v) is 15.4. The average Bonchev–Trinajstić information content (AvgIpc) is 2.60. The number of methoxy groups -OCH3 is 1. The van der Waals surface area contributed by atoms with Gasteiger partial charge in [-0.15, -0.1) is 6.58 Å². The van der Waals surface area contributed by atoms with Gasteiger partial charge in [-0.25, -0.2) is 0 Å². The quantitative estimate of drug-likeness (QED) is 0.494. The number of anilines is 1. The molecule has 3 rings (SSSR count). The minimum Gasteiger partial charge on any atom is -0.496 e. The van der Waals surface area contributed by atoms with Gasteiger partial charge in [0, 0.05) is 16.8 Å². The van der Waals surface area contributed by atoms with E-state index in [-0.39, 0.29) is 5.54 Å². The SMILES string of the molecule is C=CCCCC1=CC(C)(C)Nc2ccc(-c3ccccc3OC)cc21. The monoisotopic (exact) mass is 333 g/mol. The van der Waals surface area contributed by atoms with Gasteiger partial charge in [0.15, 0.2) is 0 Å². The second-order valence-corrected chi connectivity index (χ2v) is 7.16. The van der Waals surface area contributed by atoms with Gasteiger partial charge in [0.05, 0.1) is 12.6 Å². The highest BCUT2D eigenvalue weighted by Gasteiger charge is 2.24. The Morgan fingerprint density at radius 2 is 1.92 bits per heavy atom. The van der Waals surface area contributed by atoms with Gasteiger partial charge in [-0.3, -0.25) is 0 Å². The number of hydrogen-bond acceptors (Lipinski definition) is 2. The fourth-order valence-electron chi connectivity index (χ4n) is 3.51. The topological polar surface area (TPSA) is 21.3 Å². The normalized spacial score (nSPS) is 14.9. The van der Waals surface area contributed by atoms with Gasteiger partial charge in [-0.1, -0.05) is 36.4 Å². The molecule has 0 saturated heterocycles. The number of nitrogens with one attached hydrogen (secondary N) is 1. The van der Waals surface area contributed by atoms with Crippen LogP contribution in [0.1, 0.15) is 38.7 Å². The predicted molar refractivity (Wildman–Crippen MR) is 108 cm³/mol. The number of benzene rings is 2. The van der Waals surface area contributed by atoms with Crippen molar-refractivity contribution >= 4 is 11.3 Å². The van der Waals surface area contributed by atoms with Crippen LogP contribution in [0.2, 0.25) is 0 Å². The van der Waals surface area contributed by atoms with E-state index in [0.29, 0.717) is 0 Å². The molecular weight excluding hydrogens is 306 g/mol. The molecule has 0 aliphatic carbocycles. The van der Waals surface area contributed by atoms with Gasteiger partial charge in [-0.05, 0) is 62.4 Å². The van der Waals surface area contributed by atoms with Gasteiger partial charge in [0.1, 0.15) is 5.75 Å². The van der Waals surface area contributed by atoms with Gasteiger partial charge in [-0.2, -0.15) is 0 Å². The molecule has 25 heavy (non-hydrogen) atoms. The van der Waals surface area contributed by atoms with Crippen molar-refractivity contribution in [3.05, 3.63) is 66.8 Å². The first-order chi connectivity index (χ1) is 12.0. The van der Waals surface area contributed by atoms with E-state index < -0.39 is 0 Å². The van der Waals surface area contributed by atoms with Crippen molar-refractivity contribution in [2.24, 2.45) is 0 Å². The Bertz CT molecular complexity index is 801. The van der Waals surface area contributed by atoms with Gasteiger partial charge >= 0.3 is 0 Å². The number of allylic oxidation sites excluding steroid dienone is 2. The van der Waals surface area contributed by atoms with E-state index in [1.807, 2.05) is 18.2 Å². The summed E-state index contributed by atoms with van der Waals surface area (Å²) in [5.41, 5.74) is 6.21. The van der Waals surface area contributed by atoms with Crippen molar-refractivity contribution in [3.8, 4) is 16.9 Å². The Morgan fingerprint density at radius 1 is 1.12 bits per heavy atom. The van der Waals surface area contributed by atoms with E-state index >= 15 is 0 Å². The predicted octanol–water partition coefficient (Wildman–Crippen LogP) is 6.31. The second kappa shape index (κ2) is 7.18. The molecule has 0 fully saturated rings. The Labute approximate surface area is 151 Å². The number of ether oxygens (including phenoxy) is 1. The molecule has 0 aromatic heterocycles. The molecule has 0 bridgehead atoms. The van der Waals surface area contributed by atoms with Crippen LogP contribution in [0.5, 0.6) is 5.75 Å². The first-order valence-electron chi connectivity index (χ1n) is 8.93. The Hall–Kier alpha value is -2.48. The largest absolute Gasteiger partial charge is 0.496 e. The fourth-order valence-corrected chi connectivity index (χ4v) is 3.51. The van der Waals surface area contributed by atoms with Crippen LogP contribution in [0.4, 0.5) is 5.69 Å². The van der Waals surface area contributed by atoms with Crippen LogP contribution in [0.25, 0.3) is 16.7 Å². The highest BCUT2D eigenvalue weighted by atomic mass is 16.5. The molecular formula is C23H27NO. The maximum Gasteiger partial charge on any atom is 0.126 e. The van der Waals surface area contributed by atoms with Crippen molar-refractivity contribution in [2.75, 3.05) is 12.4 Å². The first kappa shape index (κ1) is 17.3. The molecule has 2 aromatic carbocycles. The van der Waals surface area contributed by atoms with Crippen molar-refractivity contribution in [3.63, 3.8) is 0 Å². The van der Waals surface area contributed by atoms with Gasteiger partial charge in [0.25, 0.3) is 0 Å². The average molecular weight is 333 g/mol. The lowest BCUT2D eigenvalue weighted by molar-refractivity contribution is 0.416. The van der Waals surface area contributed by atoms with Crippen LogP contribution in [0.15, 0.2) is 61.2 Å². The maximum atomic E-state index is 5.54. The summed E-state index contributed by atoms with van der Waals surface area (Å²) in [5.74, 6) is 0.906. The van der Waals surface area contributed by atoms with Crippen molar-refractivity contribution < 1.29 is 4.74 Å². The van der Waals surface area contributed by atoms with Crippen LogP contribution >= 0.6 is 0 Å². The minimum atomic E-state index is -0.0253. The number of para-hydroxylation sites is 1. The van der Waals surface area contributed by atoms with E-state index in [1.54, 1.807) is 7.11 Å². The molecule has 0 atom stereocenters. The van der Waals surface area contributed by atoms with Crippen LogP contribution in [-0.2, 0) is 0 Å². The molecule has 1 heterocycles. The molecule has 2 heteroatoms. The summed E-state index contributed by atoms with van der Waals surface area (Å²) in [6, 6.07) is 14.8. The summed E-state index contributed by atoms with van der Waals surface area (Å²) in [4.78, 5) is 0. The molecule has 2 nitrogen and oxygen atoms in total. The summed E-state index contributed by atoms with van der Waals surface area (Å²) in [6.07, 6.45) is 7.61. The van der Waals surface area contributed by atoms with E-state index in [2.05, 4.69) is 62.2 Å². The lowest BCUT2D eigenvalue weighted by Gasteiger charge is -2.33. The first-order valence-corrected chi connectivity index (χ1v) is 8.93. The van der Waals surface area contributed by atoms with Crippen molar-refractivity contribution in [2.45, 2.75) is 38.6 Å². The number of hydrogen-bond donors (Lipinski definition) is 1. The lowest BCUT2D eigenvalue weighted by atomic mass is 9.86. The number of unbranched alkanes of at least 4 members (excludes halogenated alkanes) is 1. The van der Waals surface area contributed by atoms with E-state index in [9.17, 15) is 0 Å². The highest BCUT2D eigenvalue weighted by molar-refractivity contribution is 5.85. The number of fused-ring (bicyclic) bond motifs is 1. The summed E-state index contributed by atoms with van der Waals surface area (Å²) >= 11 is 0. The van der Waals surface area contributed by atoms with E-state index in [4.69, 9.17) is 4.74 Å². The highest BCUT2D eigenvalue weighted by Crippen LogP contribution is 2.40. The van der Waals surface area contributed by atoms with E-state index in [1.165, 1.54) is 22.4 Å². The molecule has 1 aliphatic rings. The van der Waals surface area contributed by atoms with Gasteiger partial charge < -0.3 is 10.1 Å². The smallest absolute Gasteiger partial charge is 0.126 e. The Morgan fingerprint density at radius 3 is 2.68 bits per heavy atom. The molecule has 0 saturated carbocycles. The minimum absolute atomic E-state index is 0.0253. The molecule has 0 amide bonds. The molecule has 0 unspecified atom stereocenters. The maximum absolute atomic E-state index is 5.54. The van der Waals surface area contributed by atoms with Crippen LogP contribution in [0.3, 0.4) is 0 Å². The lowest BCUT2D eigenvalue weighted by Crippen LogP contribution is -2.31. The Balaban J connectivity index is 2.03. The fraction of sp³-hybridized carbons (Fsp3) is 0.304. The summed E-state index contributed by atoms with van der Waals surface area (Å²) in [7, 11) is 1.72. The standard InChI is InChI=1S/C23H27NO/c1-5-6-7-10-18-16-23(2,3)24-21-14-13-17(15-20(18)21)19-11-8-9-12-22(19)25-4/h5,8-9,11-16,24H,1,6-7,10H2,2-4H3. The summed E-state index contributed by atoms with van der Waals surface area (Å²) in [6.45, 7) is 8.28. The third-order valence-electron chi connectivity index (χ3n) is 4.63. The van der Waals surface area contributed by atoms with Crippen molar-refractivity contribution in [1.82, 2.24) is 0 Å². The second-order valence-electron chi connectivity index (χ2n) is 7.16. The van der Waals surface area contributed by atoms with Crippen LogP contribution < -0.4 is 10.1 Å². The third-order valence-corrected chi connectivity index (χ3v) is 4.63. The zero-order chi connectivity index (χ0) is 17.9. The van der Waals surface area contributed by atoms with Gasteiger partial charge in [0.2, 0.25) is 0 Å². The van der Waals surface area contributed by atoms with Crippen molar-refractivity contribution in [1.29, 1.82) is 0 Å². The van der Waals surface area contributed by atoms with Crippen LogP contribution in [0, 0.1) is 0 Å². The molecule has 1 N–H and O–H groups in total. The molecule has 1 aliphatic heterocycles. The third kappa shape index (κ3) is 3.79. The molecule has 2 aromatic rings. The zero-order valence-electron chi connectivity index (χ0n) is 15.4. The number of rotatable bonds is 6. The van der Waals surface area contributed by atoms with E-state index in [0.717, 1.165) is 30.6 Å². The van der Waals surface area contributed by atoms with Crippen LogP contribution in [-0.4, -0.2) is 12.6 Å². The Kier molecular flexibility index (Phi) is 4.98. The molecule has 130 valence electrons. The summed E-state index contributed by atoms with van der Waals surface area (Å²) in [5, 5.41) is 3.64.